The van der Waals surface area contributed by atoms with Crippen molar-refractivity contribution in [3.63, 3.8) is 0 Å². The Bertz CT molecular complexity index is 377. The van der Waals surface area contributed by atoms with Gasteiger partial charge in [-0.2, -0.15) is 0 Å². The maximum absolute atomic E-state index is 12.8. The second-order valence-corrected chi connectivity index (χ2v) is 5.07. The Morgan fingerprint density at radius 2 is 2.18 bits per heavy atom. The Hall–Kier alpha value is -1.00. The van der Waals surface area contributed by atoms with Crippen LogP contribution in [0, 0.1) is 5.82 Å². The van der Waals surface area contributed by atoms with Gasteiger partial charge in [0.15, 0.2) is 0 Å². The van der Waals surface area contributed by atoms with E-state index in [1.165, 1.54) is 37.9 Å². The first kappa shape index (κ1) is 11.1. The standard InChI is InChI=1S/C13H17FN2O/c14-10-3-4-11(15-7-10)12-8-16-13(9-17-12)5-1-2-6-13/h3-4,7,12,16H,1-2,5-6,8-9H2. The number of hydrogen-bond acceptors (Lipinski definition) is 3. The van der Waals surface area contributed by atoms with Crippen LogP contribution in [0.5, 0.6) is 0 Å². The van der Waals surface area contributed by atoms with Gasteiger partial charge in [-0.15, -0.1) is 0 Å². The van der Waals surface area contributed by atoms with E-state index in [2.05, 4.69) is 10.3 Å². The summed E-state index contributed by atoms with van der Waals surface area (Å²) in [6, 6.07) is 3.14. The lowest BCUT2D eigenvalue weighted by molar-refractivity contribution is -0.0346. The summed E-state index contributed by atoms with van der Waals surface area (Å²) >= 11 is 0. The smallest absolute Gasteiger partial charge is 0.141 e. The molecule has 1 aliphatic carbocycles. The molecule has 2 fully saturated rings. The minimum absolute atomic E-state index is 0.0400. The Kier molecular flexibility index (Phi) is 2.84. The molecule has 0 bridgehead atoms. The van der Waals surface area contributed by atoms with E-state index in [0.29, 0.717) is 0 Å². The average molecular weight is 236 g/mol. The molecule has 4 heteroatoms. The third kappa shape index (κ3) is 2.19. The number of aromatic nitrogens is 1. The molecule has 1 spiro atoms. The number of hydrogen-bond donors (Lipinski definition) is 1. The highest BCUT2D eigenvalue weighted by atomic mass is 19.1. The zero-order valence-electron chi connectivity index (χ0n) is 9.79. The molecule has 2 heterocycles. The highest BCUT2D eigenvalue weighted by Gasteiger charge is 2.38. The third-order valence-electron chi connectivity index (χ3n) is 3.86. The van der Waals surface area contributed by atoms with Crippen molar-refractivity contribution in [1.82, 2.24) is 10.3 Å². The fourth-order valence-electron chi connectivity index (χ4n) is 2.82. The lowest BCUT2D eigenvalue weighted by Crippen LogP contribution is -2.53. The summed E-state index contributed by atoms with van der Waals surface area (Å²) in [5.41, 5.74) is 1.02. The van der Waals surface area contributed by atoms with E-state index in [-0.39, 0.29) is 17.5 Å². The number of ether oxygens (including phenoxy) is 1. The average Bonchev–Trinajstić information content (AvgIpc) is 2.80. The van der Waals surface area contributed by atoms with Gasteiger partial charge in [0.1, 0.15) is 11.9 Å². The maximum atomic E-state index is 12.8. The summed E-state index contributed by atoms with van der Waals surface area (Å²) in [6.07, 6.45) is 6.19. The molecule has 2 aliphatic rings. The normalized spacial score (nSPS) is 27.5. The summed E-state index contributed by atoms with van der Waals surface area (Å²) in [5.74, 6) is -0.301. The minimum atomic E-state index is -0.301. The van der Waals surface area contributed by atoms with Gasteiger partial charge in [-0.1, -0.05) is 12.8 Å². The molecule has 17 heavy (non-hydrogen) atoms. The lowest BCUT2D eigenvalue weighted by Gasteiger charge is -2.38. The van der Waals surface area contributed by atoms with Crippen LogP contribution in [0.25, 0.3) is 0 Å². The topological polar surface area (TPSA) is 34.1 Å². The number of nitrogens with zero attached hydrogens (tertiary/aromatic N) is 1. The molecule has 3 rings (SSSR count). The van der Waals surface area contributed by atoms with Gasteiger partial charge in [-0.05, 0) is 25.0 Å². The number of rotatable bonds is 1. The first-order valence-electron chi connectivity index (χ1n) is 6.26. The maximum Gasteiger partial charge on any atom is 0.141 e. The van der Waals surface area contributed by atoms with E-state index in [4.69, 9.17) is 4.74 Å². The summed E-state index contributed by atoms with van der Waals surface area (Å²) in [4.78, 5) is 4.08. The number of nitrogens with one attached hydrogen (secondary N) is 1. The van der Waals surface area contributed by atoms with Gasteiger partial charge in [0.25, 0.3) is 0 Å². The summed E-state index contributed by atoms with van der Waals surface area (Å²) < 4.78 is 18.7. The zero-order valence-corrected chi connectivity index (χ0v) is 9.79. The van der Waals surface area contributed by atoms with Crippen molar-refractivity contribution in [2.24, 2.45) is 0 Å². The largest absolute Gasteiger partial charge is 0.369 e. The van der Waals surface area contributed by atoms with Gasteiger partial charge in [0.2, 0.25) is 0 Å². The van der Waals surface area contributed by atoms with E-state index in [1.807, 2.05) is 0 Å². The Morgan fingerprint density at radius 1 is 1.35 bits per heavy atom. The number of pyridine rings is 1. The molecule has 1 N–H and O–H groups in total. The number of halogens is 1. The van der Waals surface area contributed by atoms with Crippen molar-refractivity contribution in [2.75, 3.05) is 13.2 Å². The van der Waals surface area contributed by atoms with Crippen molar-refractivity contribution in [2.45, 2.75) is 37.3 Å². The SMILES string of the molecule is Fc1ccc(C2CNC3(CCCC3)CO2)nc1. The first-order chi connectivity index (χ1) is 8.27. The van der Waals surface area contributed by atoms with E-state index in [9.17, 15) is 4.39 Å². The highest BCUT2D eigenvalue weighted by Crippen LogP contribution is 2.34. The zero-order chi connectivity index (χ0) is 11.7. The van der Waals surface area contributed by atoms with E-state index < -0.39 is 0 Å². The van der Waals surface area contributed by atoms with Crippen molar-refractivity contribution in [3.8, 4) is 0 Å². The molecule has 0 radical (unpaired) electrons. The fraction of sp³-hybridized carbons (Fsp3) is 0.615. The Balaban J connectivity index is 1.66. The predicted molar refractivity (Wildman–Crippen MR) is 62.1 cm³/mol. The van der Waals surface area contributed by atoms with Crippen LogP contribution in [0.1, 0.15) is 37.5 Å². The molecular formula is C13H17FN2O. The van der Waals surface area contributed by atoms with Crippen molar-refractivity contribution in [1.29, 1.82) is 0 Å². The highest BCUT2D eigenvalue weighted by molar-refractivity contribution is 5.10. The first-order valence-corrected chi connectivity index (χ1v) is 6.26. The van der Waals surface area contributed by atoms with Crippen molar-refractivity contribution in [3.05, 3.63) is 29.8 Å². The number of morpholine rings is 1. The lowest BCUT2D eigenvalue weighted by atomic mass is 9.96. The molecule has 1 aliphatic heterocycles. The second kappa shape index (κ2) is 4.35. The van der Waals surface area contributed by atoms with Gasteiger partial charge >= 0.3 is 0 Å². The molecule has 1 saturated carbocycles. The molecule has 1 aromatic rings. The Morgan fingerprint density at radius 3 is 2.76 bits per heavy atom. The quantitative estimate of drug-likeness (QED) is 0.811. The monoisotopic (exact) mass is 236 g/mol. The van der Waals surface area contributed by atoms with Crippen molar-refractivity contribution >= 4 is 0 Å². The predicted octanol–water partition coefficient (Wildman–Crippen LogP) is 2.19. The molecule has 3 nitrogen and oxygen atoms in total. The minimum Gasteiger partial charge on any atom is -0.369 e. The molecule has 92 valence electrons. The summed E-state index contributed by atoms with van der Waals surface area (Å²) in [6.45, 7) is 1.52. The van der Waals surface area contributed by atoms with Crippen LogP contribution >= 0.6 is 0 Å². The van der Waals surface area contributed by atoms with Crippen molar-refractivity contribution < 1.29 is 9.13 Å². The van der Waals surface area contributed by atoms with E-state index in [1.54, 1.807) is 6.07 Å². The summed E-state index contributed by atoms with van der Waals surface area (Å²) in [7, 11) is 0. The molecule has 1 saturated heterocycles. The van der Waals surface area contributed by atoms with Crippen LogP contribution in [-0.4, -0.2) is 23.7 Å². The molecule has 1 atom stereocenters. The van der Waals surface area contributed by atoms with Crippen LogP contribution in [0.3, 0.4) is 0 Å². The van der Waals surface area contributed by atoms with E-state index >= 15 is 0 Å². The molecule has 0 aromatic carbocycles. The van der Waals surface area contributed by atoms with Gasteiger partial charge in [-0.3, -0.25) is 4.98 Å². The third-order valence-corrected chi connectivity index (χ3v) is 3.86. The van der Waals surface area contributed by atoms with Gasteiger partial charge in [0.05, 0.1) is 18.5 Å². The van der Waals surface area contributed by atoms with Gasteiger partial charge < -0.3 is 10.1 Å². The van der Waals surface area contributed by atoms with Crippen LogP contribution in [-0.2, 0) is 4.74 Å². The van der Waals surface area contributed by atoms with Crippen LogP contribution in [0.4, 0.5) is 4.39 Å². The Labute approximate surface area is 100 Å². The van der Waals surface area contributed by atoms with Crippen LogP contribution in [0.15, 0.2) is 18.3 Å². The molecular weight excluding hydrogens is 219 g/mol. The fourth-order valence-corrected chi connectivity index (χ4v) is 2.82. The molecule has 0 amide bonds. The molecule has 1 aromatic heterocycles. The summed E-state index contributed by atoms with van der Waals surface area (Å²) in [5, 5.41) is 3.60. The van der Waals surface area contributed by atoms with E-state index in [0.717, 1.165) is 18.8 Å². The van der Waals surface area contributed by atoms with Crippen LogP contribution < -0.4 is 5.32 Å². The second-order valence-electron chi connectivity index (χ2n) is 5.07. The van der Waals surface area contributed by atoms with Gasteiger partial charge in [-0.25, -0.2) is 4.39 Å². The molecule has 1 unspecified atom stereocenters. The van der Waals surface area contributed by atoms with Crippen LogP contribution in [0.2, 0.25) is 0 Å². The van der Waals surface area contributed by atoms with Gasteiger partial charge in [0, 0.05) is 12.1 Å².